The van der Waals surface area contributed by atoms with Crippen LogP contribution in [0.5, 0.6) is 0 Å². The van der Waals surface area contributed by atoms with Crippen LogP contribution in [0, 0.1) is 0 Å². The quantitative estimate of drug-likeness (QED) is 0.456. The first kappa shape index (κ1) is 20.2. The number of aliphatic hydroxyl groups is 1. The maximum Gasteiger partial charge on any atom is 0.317 e. The molecule has 28 heavy (non-hydrogen) atoms. The maximum absolute atomic E-state index is 11.6. The third-order valence-corrected chi connectivity index (χ3v) is 5.70. The van der Waals surface area contributed by atoms with Crippen molar-refractivity contribution in [2.75, 3.05) is 13.2 Å². The Morgan fingerprint density at radius 3 is 2.32 bits per heavy atom. The normalized spacial score (nSPS) is 11.0. The molecule has 1 heterocycles. The van der Waals surface area contributed by atoms with E-state index in [-0.39, 0.29) is 12.3 Å². The van der Waals surface area contributed by atoms with Gasteiger partial charge in [-0.15, -0.1) is 11.3 Å². The van der Waals surface area contributed by atoms with E-state index >= 15 is 0 Å². The van der Waals surface area contributed by atoms with Crippen LogP contribution in [0.15, 0.2) is 48.5 Å². The molecular weight excluding hydrogens is 374 g/mol. The third-order valence-electron chi connectivity index (χ3n) is 4.56. The molecule has 146 valence electrons. The van der Waals surface area contributed by atoms with Crippen molar-refractivity contribution < 1.29 is 19.8 Å². The van der Waals surface area contributed by atoms with Gasteiger partial charge in [0, 0.05) is 11.2 Å². The summed E-state index contributed by atoms with van der Waals surface area (Å²) in [7, 11) is 0. The molecule has 0 saturated heterocycles. The topological polar surface area (TPSA) is 86.6 Å². The zero-order chi connectivity index (χ0) is 19.9. The summed E-state index contributed by atoms with van der Waals surface area (Å²) in [5, 5.41) is 21.6. The largest absolute Gasteiger partial charge is 0.480 e. The SMILES string of the molecule is O=C(O)CNCc1ccc(CCCc2ccc3cc(C(=O)CO)sc3c2)cc1. The van der Waals surface area contributed by atoms with Crippen LogP contribution in [-0.4, -0.2) is 35.1 Å². The van der Waals surface area contributed by atoms with Crippen molar-refractivity contribution in [2.45, 2.75) is 25.8 Å². The Morgan fingerprint density at radius 1 is 0.929 bits per heavy atom. The molecule has 0 aliphatic rings. The average Bonchev–Trinajstić information content (AvgIpc) is 3.12. The second-order valence-electron chi connectivity index (χ2n) is 6.73. The molecule has 0 amide bonds. The molecule has 0 aliphatic heterocycles. The van der Waals surface area contributed by atoms with E-state index in [1.165, 1.54) is 22.5 Å². The van der Waals surface area contributed by atoms with Crippen molar-refractivity contribution in [1.82, 2.24) is 5.32 Å². The highest BCUT2D eigenvalue weighted by Crippen LogP contribution is 2.27. The second kappa shape index (κ2) is 9.59. The summed E-state index contributed by atoms with van der Waals surface area (Å²) < 4.78 is 1.08. The summed E-state index contributed by atoms with van der Waals surface area (Å²) in [6.45, 7) is 0.0637. The highest BCUT2D eigenvalue weighted by molar-refractivity contribution is 7.20. The van der Waals surface area contributed by atoms with Gasteiger partial charge in [-0.3, -0.25) is 9.59 Å². The lowest BCUT2D eigenvalue weighted by Gasteiger charge is -2.06. The molecule has 0 aliphatic carbocycles. The number of carboxylic acids is 1. The van der Waals surface area contributed by atoms with E-state index in [2.05, 4.69) is 29.6 Å². The minimum absolute atomic E-state index is 0.0357. The van der Waals surface area contributed by atoms with Crippen LogP contribution >= 0.6 is 11.3 Å². The summed E-state index contributed by atoms with van der Waals surface area (Å²) in [4.78, 5) is 22.8. The highest BCUT2D eigenvalue weighted by atomic mass is 32.1. The molecule has 0 atom stereocenters. The molecule has 0 spiro atoms. The van der Waals surface area contributed by atoms with Gasteiger partial charge in [-0.1, -0.05) is 36.4 Å². The smallest absolute Gasteiger partial charge is 0.317 e. The summed E-state index contributed by atoms with van der Waals surface area (Å²) in [6.07, 6.45) is 2.95. The summed E-state index contributed by atoms with van der Waals surface area (Å²) in [6, 6.07) is 16.3. The third kappa shape index (κ3) is 5.48. The number of aliphatic hydroxyl groups excluding tert-OH is 1. The Bertz CT molecular complexity index is 962. The van der Waals surface area contributed by atoms with Crippen molar-refractivity contribution in [2.24, 2.45) is 0 Å². The molecule has 1 aromatic heterocycles. The molecule has 0 radical (unpaired) electrons. The number of thiophene rings is 1. The first-order valence-electron chi connectivity index (χ1n) is 9.22. The van der Waals surface area contributed by atoms with Gasteiger partial charge in [0.05, 0.1) is 11.4 Å². The molecule has 3 rings (SSSR count). The van der Waals surface area contributed by atoms with Crippen molar-refractivity contribution in [3.05, 3.63) is 70.1 Å². The number of fused-ring (bicyclic) bond motifs is 1. The molecular formula is C22H23NO4S. The predicted molar refractivity (Wildman–Crippen MR) is 111 cm³/mol. The zero-order valence-corrected chi connectivity index (χ0v) is 16.3. The number of benzene rings is 2. The van der Waals surface area contributed by atoms with Crippen molar-refractivity contribution in [3.8, 4) is 0 Å². The van der Waals surface area contributed by atoms with Gasteiger partial charge in [0.1, 0.15) is 6.61 Å². The molecule has 0 bridgehead atoms. The number of Topliss-reactive ketones (excluding diaryl/α,β-unsaturated/α-hetero) is 1. The van der Waals surface area contributed by atoms with Crippen LogP contribution in [0.1, 0.15) is 32.8 Å². The van der Waals surface area contributed by atoms with Crippen molar-refractivity contribution in [3.63, 3.8) is 0 Å². The number of hydrogen-bond acceptors (Lipinski definition) is 5. The van der Waals surface area contributed by atoms with Gasteiger partial charge in [-0.2, -0.15) is 0 Å². The van der Waals surface area contributed by atoms with Crippen molar-refractivity contribution in [1.29, 1.82) is 0 Å². The van der Waals surface area contributed by atoms with Gasteiger partial charge < -0.3 is 15.5 Å². The lowest BCUT2D eigenvalue weighted by molar-refractivity contribution is -0.136. The molecule has 3 aromatic rings. The number of rotatable bonds is 10. The fourth-order valence-corrected chi connectivity index (χ4v) is 4.14. The Kier molecular flexibility index (Phi) is 6.92. The average molecular weight is 397 g/mol. The Hall–Kier alpha value is -2.54. The fraction of sp³-hybridized carbons (Fsp3) is 0.273. The van der Waals surface area contributed by atoms with Gasteiger partial charge in [-0.25, -0.2) is 0 Å². The molecule has 0 fully saturated rings. The fourth-order valence-electron chi connectivity index (χ4n) is 3.08. The van der Waals surface area contributed by atoms with Crippen LogP contribution in [0.25, 0.3) is 10.1 Å². The molecule has 0 unspecified atom stereocenters. The summed E-state index contributed by atoms with van der Waals surface area (Å²) in [5.74, 6) is -1.09. The first-order chi connectivity index (χ1) is 13.5. The minimum Gasteiger partial charge on any atom is -0.480 e. The summed E-state index contributed by atoms with van der Waals surface area (Å²) in [5.41, 5.74) is 3.57. The first-order valence-corrected chi connectivity index (χ1v) is 10.0. The number of carbonyl (C=O) groups excluding carboxylic acids is 1. The van der Waals surface area contributed by atoms with E-state index in [0.29, 0.717) is 11.4 Å². The van der Waals surface area contributed by atoms with Crippen LogP contribution in [0.4, 0.5) is 0 Å². The monoisotopic (exact) mass is 397 g/mol. The van der Waals surface area contributed by atoms with E-state index in [1.807, 2.05) is 24.3 Å². The molecule has 3 N–H and O–H groups in total. The number of ketones is 1. The number of aryl methyl sites for hydroxylation is 2. The van der Waals surface area contributed by atoms with Gasteiger partial charge >= 0.3 is 5.97 Å². The molecule has 6 heteroatoms. The van der Waals surface area contributed by atoms with Gasteiger partial charge in [0.25, 0.3) is 0 Å². The molecule has 2 aromatic carbocycles. The van der Waals surface area contributed by atoms with E-state index in [4.69, 9.17) is 10.2 Å². The van der Waals surface area contributed by atoms with Crippen LogP contribution in [0.2, 0.25) is 0 Å². The lowest BCUT2D eigenvalue weighted by Crippen LogP contribution is -2.21. The van der Waals surface area contributed by atoms with E-state index in [9.17, 15) is 9.59 Å². The number of hydrogen-bond donors (Lipinski definition) is 3. The van der Waals surface area contributed by atoms with Crippen LogP contribution in [-0.2, 0) is 24.2 Å². The highest BCUT2D eigenvalue weighted by Gasteiger charge is 2.09. The van der Waals surface area contributed by atoms with Gasteiger partial charge in [0.2, 0.25) is 0 Å². The van der Waals surface area contributed by atoms with Gasteiger partial charge in [-0.05, 0) is 53.5 Å². The summed E-state index contributed by atoms with van der Waals surface area (Å²) >= 11 is 1.43. The molecule has 0 saturated carbocycles. The Labute approximate surface area is 167 Å². The zero-order valence-electron chi connectivity index (χ0n) is 15.5. The van der Waals surface area contributed by atoms with Crippen molar-refractivity contribution >= 4 is 33.2 Å². The predicted octanol–water partition coefficient (Wildman–Crippen LogP) is 3.43. The van der Waals surface area contributed by atoms with E-state index < -0.39 is 12.6 Å². The van der Waals surface area contributed by atoms with E-state index in [1.54, 1.807) is 0 Å². The minimum atomic E-state index is -0.853. The standard InChI is InChI=1S/C22H23NO4S/c24-14-19(25)21-11-18-9-8-16(10-20(18)28-21)3-1-2-15-4-6-17(7-5-15)12-23-13-22(26)27/h4-11,23-24H,1-3,12-14H2,(H,26,27). The molecule has 5 nitrogen and oxygen atoms in total. The van der Waals surface area contributed by atoms with E-state index in [0.717, 1.165) is 34.9 Å². The van der Waals surface area contributed by atoms with Gasteiger partial charge in [0.15, 0.2) is 5.78 Å². The Balaban J connectivity index is 1.51. The Morgan fingerprint density at radius 2 is 1.61 bits per heavy atom. The number of nitrogens with one attached hydrogen (secondary N) is 1. The number of aliphatic carboxylic acids is 1. The van der Waals surface area contributed by atoms with Crippen LogP contribution in [0.3, 0.4) is 0 Å². The number of carboxylic acid groups (broad SMARTS) is 1. The number of carbonyl (C=O) groups is 2. The maximum atomic E-state index is 11.6. The lowest BCUT2D eigenvalue weighted by atomic mass is 10.0. The van der Waals surface area contributed by atoms with Crippen LogP contribution < -0.4 is 5.32 Å². The second-order valence-corrected chi connectivity index (χ2v) is 7.82.